The van der Waals surface area contributed by atoms with E-state index in [4.69, 9.17) is 25.3 Å². The first kappa shape index (κ1) is 21.5. The maximum Gasteiger partial charge on any atom is 0.410 e. The highest BCUT2D eigenvalue weighted by atomic mass is 16.7. The third kappa shape index (κ3) is 4.61. The molecular weight excluding hydrogens is 414 g/mol. The molecule has 2 aromatic rings. The van der Waals surface area contributed by atoms with Crippen LogP contribution in [0.25, 0.3) is 20.9 Å². The molecule has 2 aliphatic rings. The molecule has 164 valence electrons. The molecule has 0 aliphatic carbocycles. The number of hydrogen-bond donors (Lipinski definition) is 0. The number of likely N-dealkylation sites (tertiary alicyclic amines) is 1. The van der Waals surface area contributed by atoms with E-state index in [1.807, 2.05) is 60.7 Å². The van der Waals surface area contributed by atoms with Crippen LogP contribution in [0.15, 0.2) is 70.9 Å². The van der Waals surface area contributed by atoms with Crippen molar-refractivity contribution in [3.05, 3.63) is 92.7 Å². The highest BCUT2D eigenvalue weighted by Crippen LogP contribution is 2.36. The third-order valence-electron chi connectivity index (χ3n) is 5.49. The SMILES string of the molecule is [N-]=[N+]=N[C@H]1[C@@H]2O[C@H](c3ccccc3)OC[C@H]2N(C(=O)OCc2ccccc2)C[C@@H]1N=[N+]=[N-]. The van der Waals surface area contributed by atoms with E-state index in [0.29, 0.717) is 0 Å². The van der Waals surface area contributed by atoms with Crippen molar-refractivity contribution in [2.45, 2.75) is 37.1 Å². The summed E-state index contributed by atoms with van der Waals surface area (Å²) in [5.74, 6) is 0. The van der Waals surface area contributed by atoms with Crippen LogP contribution in [0.5, 0.6) is 0 Å². The average molecular weight is 435 g/mol. The van der Waals surface area contributed by atoms with Crippen LogP contribution in [-0.4, -0.2) is 48.4 Å². The van der Waals surface area contributed by atoms with Crippen molar-refractivity contribution in [2.24, 2.45) is 10.2 Å². The summed E-state index contributed by atoms with van der Waals surface area (Å²) in [6.45, 7) is 0.254. The lowest BCUT2D eigenvalue weighted by molar-refractivity contribution is -0.254. The third-order valence-corrected chi connectivity index (χ3v) is 5.49. The van der Waals surface area contributed by atoms with Gasteiger partial charge in [-0.2, -0.15) is 0 Å². The van der Waals surface area contributed by atoms with Gasteiger partial charge in [-0.15, -0.1) is 0 Å². The second kappa shape index (κ2) is 10.0. The van der Waals surface area contributed by atoms with E-state index in [1.165, 1.54) is 4.90 Å². The summed E-state index contributed by atoms with van der Waals surface area (Å²) in [5.41, 5.74) is 19.8. The summed E-state index contributed by atoms with van der Waals surface area (Å²) < 4.78 is 17.5. The number of benzene rings is 2. The highest BCUT2D eigenvalue weighted by Gasteiger charge is 2.49. The molecule has 0 bridgehead atoms. The van der Waals surface area contributed by atoms with E-state index < -0.39 is 36.6 Å². The van der Waals surface area contributed by atoms with Gasteiger partial charge in [-0.1, -0.05) is 70.9 Å². The Morgan fingerprint density at radius 1 is 1.06 bits per heavy atom. The first-order valence-electron chi connectivity index (χ1n) is 10.1. The molecule has 1 amide bonds. The Bertz CT molecular complexity index is 1020. The normalized spacial score (nSPS) is 26.8. The molecule has 2 heterocycles. The van der Waals surface area contributed by atoms with Gasteiger partial charge in [0.25, 0.3) is 0 Å². The lowest BCUT2D eigenvalue weighted by Gasteiger charge is -2.49. The van der Waals surface area contributed by atoms with Crippen LogP contribution < -0.4 is 0 Å². The minimum atomic E-state index is -0.809. The quantitative estimate of drug-likeness (QED) is 0.387. The predicted molar refractivity (Wildman–Crippen MR) is 113 cm³/mol. The van der Waals surface area contributed by atoms with E-state index in [1.54, 1.807) is 0 Å². The van der Waals surface area contributed by atoms with Gasteiger partial charge in [0.05, 0.1) is 30.8 Å². The number of ether oxygens (including phenoxy) is 3. The molecule has 11 heteroatoms. The smallest absolute Gasteiger partial charge is 0.410 e. The summed E-state index contributed by atoms with van der Waals surface area (Å²) in [6.07, 6.45) is -2.04. The summed E-state index contributed by atoms with van der Waals surface area (Å²) in [7, 11) is 0. The van der Waals surface area contributed by atoms with Crippen molar-refractivity contribution in [1.29, 1.82) is 0 Å². The van der Waals surface area contributed by atoms with Gasteiger partial charge >= 0.3 is 6.09 Å². The molecular formula is C21H21N7O4. The van der Waals surface area contributed by atoms with Crippen LogP contribution in [0.1, 0.15) is 17.4 Å². The molecule has 2 saturated heterocycles. The second-order valence-electron chi connectivity index (χ2n) is 7.40. The molecule has 2 aliphatic heterocycles. The zero-order valence-corrected chi connectivity index (χ0v) is 17.0. The van der Waals surface area contributed by atoms with Gasteiger partial charge in [-0.05, 0) is 16.6 Å². The number of carbonyl (C=O) groups excluding carboxylic acids is 1. The average Bonchev–Trinajstić information content (AvgIpc) is 2.85. The number of hydrogen-bond acceptors (Lipinski definition) is 6. The van der Waals surface area contributed by atoms with Gasteiger partial charge in [-0.25, -0.2) is 4.79 Å². The van der Waals surface area contributed by atoms with E-state index >= 15 is 0 Å². The van der Waals surface area contributed by atoms with Gasteiger partial charge in [-0.3, -0.25) is 4.90 Å². The molecule has 2 aromatic carbocycles. The minimum Gasteiger partial charge on any atom is -0.445 e. The van der Waals surface area contributed by atoms with Gasteiger partial charge in [0, 0.05) is 21.9 Å². The van der Waals surface area contributed by atoms with Crippen molar-refractivity contribution in [3.8, 4) is 0 Å². The molecule has 2 fully saturated rings. The Labute approximate surface area is 183 Å². The fourth-order valence-electron chi connectivity index (χ4n) is 3.96. The Morgan fingerprint density at radius 3 is 2.44 bits per heavy atom. The maximum absolute atomic E-state index is 12.9. The maximum atomic E-state index is 12.9. The molecule has 0 radical (unpaired) electrons. The largest absolute Gasteiger partial charge is 0.445 e. The summed E-state index contributed by atoms with van der Waals surface area (Å²) >= 11 is 0. The fraction of sp³-hybridized carbons (Fsp3) is 0.381. The van der Waals surface area contributed by atoms with Crippen LogP contribution in [0.2, 0.25) is 0 Å². The fourth-order valence-corrected chi connectivity index (χ4v) is 3.96. The minimum absolute atomic E-state index is 0.0191. The van der Waals surface area contributed by atoms with Crippen molar-refractivity contribution < 1.29 is 19.0 Å². The van der Waals surface area contributed by atoms with Crippen molar-refractivity contribution >= 4 is 6.09 Å². The Hall–Kier alpha value is -3.75. The van der Waals surface area contributed by atoms with Gasteiger partial charge in [0.1, 0.15) is 6.61 Å². The number of carbonyl (C=O) groups is 1. The molecule has 0 N–H and O–H groups in total. The zero-order chi connectivity index (χ0) is 22.3. The number of rotatable bonds is 5. The Morgan fingerprint density at radius 2 is 1.75 bits per heavy atom. The molecule has 32 heavy (non-hydrogen) atoms. The molecule has 0 aromatic heterocycles. The van der Waals surface area contributed by atoms with Gasteiger partial charge < -0.3 is 14.2 Å². The number of amides is 1. The van der Waals surface area contributed by atoms with E-state index in [9.17, 15) is 4.79 Å². The van der Waals surface area contributed by atoms with E-state index in [2.05, 4.69) is 20.1 Å². The first-order chi connectivity index (χ1) is 15.7. The van der Waals surface area contributed by atoms with Gasteiger partial charge in [0.15, 0.2) is 6.29 Å². The van der Waals surface area contributed by atoms with Crippen LogP contribution in [0.3, 0.4) is 0 Å². The van der Waals surface area contributed by atoms with Crippen molar-refractivity contribution in [2.75, 3.05) is 13.2 Å². The number of nitrogens with zero attached hydrogens (tertiary/aromatic N) is 7. The van der Waals surface area contributed by atoms with E-state index in [-0.39, 0.29) is 19.8 Å². The predicted octanol–water partition coefficient (Wildman–Crippen LogP) is 4.48. The number of piperidine rings is 1. The lowest BCUT2D eigenvalue weighted by Crippen LogP contribution is -2.65. The number of azide groups is 2. The van der Waals surface area contributed by atoms with Crippen molar-refractivity contribution in [1.82, 2.24) is 4.90 Å². The monoisotopic (exact) mass is 435 g/mol. The summed E-state index contributed by atoms with van der Waals surface area (Å²) in [6, 6.07) is 16.4. The highest BCUT2D eigenvalue weighted by molar-refractivity contribution is 5.68. The Kier molecular flexibility index (Phi) is 6.74. The first-order valence-corrected chi connectivity index (χ1v) is 10.1. The van der Waals surface area contributed by atoms with Crippen LogP contribution in [0, 0.1) is 0 Å². The van der Waals surface area contributed by atoms with Crippen LogP contribution >= 0.6 is 0 Å². The molecule has 4 rings (SSSR count). The Balaban J connectivity index is 1.57. The number of fused-ring (bicyclic) bond motifs is 1. The van der Waals surface area contributed by atoms with Crippen LogP contribution in [0.4, 0.5) is 4.79 Å². The standard InChI is InChI=1S/C21H21N7O4/c22-26-24-16-11-28(21(29)31-12-14-7-3-1-4-8-14)17-13-30-20(15-9-5-2-6-10-15)32-19(17)18(16)25-27-23/h1-10,16-20H,11-13H2/t16-,17+,18+,19+,20+/m0/s1. The zero-order valence-electron chi connectivity index (χ0n) is 17.0. The van der Waals surface area contributed by atoms with E-state index in [0.717, 1.165) is 11.1 Å². The molecule has 5 atom stereocenters. The van der Waals surface area contributed by atoms with Crippen molar-refractivity contribution in [3.63, 3.8) is 0 Å². The topological polar surface area (TPSA) is 146 Å². The van der Waals surface area contributed by atoms with Gasteiger partial charge in [0.2, 0.25) is 0 Å². The molecule has 0 saturated carbocycles. The summed E-state index contributed by atoms with van der Waals surface area (Å²) in [4.78, 5) is 20.2. The van der Waals surface area contributed by atoms with Crippen LogP contribution in [-0.2, 0) is 20.8 Å². The lowest BCUT2D eigenvalue weighted by atomic mass is 9.90. The summed E-state index contributed by atoms with van der Waals surface area (Å²) in [5, 5.41) is 7.61. The molecule has 0 unspecified atom stereocenters. The molecule has 11 nitrogen and oxygen atoms in total. The molecule has 0 spiro atoms. The second-order valence-corrected chi connectivity index (χ2v) is 7.40.